The van der Waals surface area contributed by atoms with Gasteiger partial charge in [-0.15, -0.1) is 11.8 Å². The van der Waals surface area contributed by atoms with Gasteiger partial charge in [0.15, 0.2) is 0 Å². The van der Waals surface area contributed by atoms with Crippen LogP contribution < -0.4 is 5.32 Å². The lowest BCUT2D eigenvalue weighted by Crippen LogP contribution is -2.38. The van der Waals surface area contributed by atoms with Crippen LogP contribution in [0.15, 0.2) is 71.8 Å². The Bertz CT molecular complexity index is 1400. The number of rotatable bonds is 6. The summed E-state index contributed by atoms with van der Waals surface area (Å²) < 4.78 is 1.97. The number of hydrogen-bond donors (Lipinski definition) is 1. The number of fused-ring (bicyclic) bond motifs is 2. The van der Waals surface area contributed by atoms with Gasteiger partial charge in [-0.05, 0) is 54.3 Å². The van der Waals surface area contributed by atoms with Gasteiger partial charge in [-0.25, -0.2) is 0 Å². The van der Waals surface area contributed by atoms with Crippen molar-refractivity contribution in [2.75, 3.05) is 12.3 Å². The third kappa shape index (κ3) is 4.82. The standard InChI is InChI=1S/C28H28N4O2S/c1-19-24(16-30-27(33)18-35-22-9-4-3-5-10-22)23-12-13-32(17-21(23)15-29-19)28(34)26-14-20-8-6-7-11-25(20)31(26)2/h3-11,14-15H,12-13,16-18H2,1-2H3,(H,30,33). The van der Waals surface area contributed by atoms with Gasteiger partial charge < -0.3 is 14.8 Å². The Morgan fingerprint density at radius 1 is 1.09 bits per heavy atom. The van der Waals surface area contributed by atoms with Gasteiger partial charge in [0.05, 0.1) is 5.75 Å². The fourth-order valence-electron chi connectivity index (χ4n) is 4.69. The Hall–Kier alpha value is -3.58. The van der Waals surface area contributed by atoms with Crippen LogP contribution in [-0.4, -0.2) is 38.6 Å². The fourth-order valence-corrected chi connectivity index (χ4v) is 5.44. The lowest BCUT2D eigenvalue weighted by Gasteiger charge is -2.30. The molecule has 2 amide bonds. The average Bonchev–Trinajstić information content (AvgIpc) is 3.23. The third-order valence-electron chi connectivity index (χ3n) is 6.63. The summed E-state index contributed by atoms with van der Waals surface area (Å²) in [5.74, 6) is 0.403. The van der Waals surface area contributed by atoms with E-state index in [4.69, 9.17) is 0 Å². The zero-order chi connectivity index (χ0) is 24.4. The third-order valence-corrected chi connectivity index (χ3v) is 7.64. The van der Waals surface area contributed by atoms with E-state index in [1.54, 1.807) is 0 Å². The Labute approximate surface area is 209 Å². The van der Waals surface area contributed by atoms with Crippen molar-refractivity contribution < 1.29 is 9.59 Å². The second kappa shape index (κ2) is 9.96. The first-order valence-corrected chi connectivity index (χ1v) is 12.7. The molecule has 0 unspecified atom stereocenters. The van der Waals surface area contributed by atoms with E-state index in [1.807, 2.05) is 90.3 Å². The zero-order valence-corrected chi connectivity index (χ0v) is 20.8. The van der Waals surface area contributed by atoms with Crippen molar-refractivity contribution in [2.24, 2.45) is 7.05 Å². The van der Waals surface area contributed by atoms with Crippen LogP contribution in [0.5, 0.6) is 0 Å². The van der Waals surface area contributed by atoms with Crippen molar-refractivity contribution in [2.45, 2.75) is 31.3 Å². The first-order chi connectivity index (χ1) is 17.0. The minimum absolute atomic E-state index is 0.000700. The maximum absolute atomic E-state index is 13.4. The number of nitrogens with zero attached hydrogens (tertiary/aromatic N) is 3. The SMILES string of the molecule is Cc1ncc2c(c1CNC(=O)CSc1ccccc1)CCN(C(=O)c1cc3ccccc3n1C)C2. The summed E-state index contributed by atoms with van der Waals surface area (Å²) in [6, 6.07) is 19.9. The van der Waals surface area contributed by atoms with Crippen molar-refractivity contribution in [1.29, 1.82) is 0 Å². The van der Waals surface area contributed by atoms with Gasteiger partial charge in [-0.2, -0.15) is 0 Å². The maximum atomic E-state index is 13.4. The maximum Gasteiger partial charge on any atom is 0.270 e. The predicted octanol–water partition coefficient (Wildman–Crippen LogP) is 4.49. The minimum atomic E-state index is -0.000700. The number of carbonyl (C=O) groups excluding carboxylic acids is 2. The summed E-state index contributed by atoms with van der Waals surface area (Å²) in [7, 11) is 1.94. The lowest BCUT2D eigenvalue weighted by atomic mass is 9.94. The van der Waals surface area contributed by atoms with Crippen molar-refractivity contribution in [3.8, 4) is 0 Å². The number of para-hydroxylation sites is 1. The highest BCUT2D eigenvalue weighted by Crippen LogP contribution is 2.27. The van der Waals surface area contributed by atoms with Gasteiger partial charge in [-0.3, -0.25) is 14.6 Å². The van der Waals surface area contributed by atoms with Crippen LogP contribution in [0, 0.1) is 6.92 Å². The number of benzene rings is 2. The van der Waals surface area contributed by atoms with Crippen molar-refractivity contribution in [3.05, 3.63) is 94.9 Å². The molecule has 0 spiro atoms. The van der Waals surface area contributed by atoms with Crippen molar-refractivity contribution >= 4 is 34.5 Å². The molecule has 0 aliphatic carbocycles. The van der Waals surface area contributed by atoms with E-state index in [2.05, 4.69) is 10.3 Å². The van der Waals surface area contributed by atoms with E-state index in [0.29, 0.717) is 31.1 Å². The van der Waals surface area contributed by atoms with E-state index in [0.717, 1.165) is 39.0 Å². The number of hydrogen-bond acceptors (Lipinski definition) is 4. The number of thioether (sulfide) groups is 1. The van der Waals surface area contributed by atoms with Crippen LogP contribution in [0.3, 0.4) is 0 Å². The first kappa shape index (κ1) is 23.2. The molecule has 3 heterocycles. The summed E-state index contributed by atoms with van der Waals surface area (Å²) in [6.45, 7) is 3.59. The summed E-state index contributed by atoms with van der Waals surface area (Å²) >= 11 is 1.53. The van der Waals surface area contributed by atoms with Crippen LogP contribution >= 0.6 is 11.8 Å². The Balaban J connectivity index is 1.27. The molecule has 5 rings (SSSR count). The number of nitrogens with one attached hydrogen (secondary N) is 1. The van der Waals surface area contributed by atoms with Crippen molar-refractivity contribution in [3.63, 3.8) is 0 Å². The van der Waals surface area contributed by atoms with Gasteiger partial charge in [0, 0.05) is 54.4 Å². The Morgan fingerprint density at radius 3 is 2.66 bits per heavy atom. The molecule has 0 bridgehead atoms. The van der Waals surface area contributed by atoms with Crippen LogP contribution in [0.2, 0.25) is 0 Å². The summed E-state index contributed by atoms with van der Waals surface area (Å²) in [5, 5.41) is 4.12. The number of carbonyl (C=O) groups is 2. The van der Waals surface area contributed by atoms with E-state index in [-0.39, 0.29) is 11.8 Å². The summed E-state index contributed by atoms with van der Waals surface area (Å²) in [5.41, 5.74) is 5.99. The fraction of sp³-hybridized carbons (Fsp3) is 0.250. The molecule has 1 N–H and O–H groups in total. The summed E-state index contributed by atoms with van der Waals surface area (Å²) in [4.78, 5) is 33.4. The van der Waals surface area contributed by atoms with E-state index in [9.17, 15) is 9.59 Å². The van der Waals surface area contributed by atoms with Gasteiger partial charge in [0.25, 0.3) is 5.91 Å². The van der Waals surface area contributed by atoms with Crippen LogP contribution in [0.1, 0.15) is 32.9 Å². The molecule has 1 aliphatic heterocycles. The van der Waals surface area contributed by atoms with Gasteiger partial charge in [0.2, 0.25) is 5.91 Å². The number of pyridine rings is 1. The highest BCUT2D eigenvalue weighted by Gasteiger charge is 2.26. The van der Waals surface area contributed by atoms with Crippen LogP contribution in [-0.2, 0) is 31.4 Å². The van der Waals surface area contributed by atoms with Gasteiger partial charge >= 0.3 is 0 Å². The molecule has 0 saturated carbocycles. The van der Waals surface area contributed by atoms with Crippen LogP contribution in [0.25, 0.3) is 10.9 Å². The van der Waals surface area contributed by atoms with Gasteiger partial charge in [0.1, 0.15) is 5.69 Å². The molecule has 6 nitrogen and oxygen atoms in total. The summed E-state index contributed by atoms with van der Waals surface area (Å²) in [6.07, 6.45) is 2.63. The van der Waals surface area contributed by atoms with E-state index >= 15 is 0 Å². The van der Waals surface area contributed by atoms with E-state index < -0.39 is 0 Å². The number of aryl methyl sites for hydroxylation is 2. The van der Waals surface area contributed by atoms with Gasteiger partial charge in [-0.1, -0.05) is 36.4 Å². The molecular formula is C28H28N4O2S. The molecule has 2 aromatic heterocycles. The highest BCUT2D eigenvalue weighted by molar-refractivity contribution is 8.00. The first-order valence-electron chi connectivity index (χ1n) is 11.8. The second-order valence-electron chi connectivity index (χ2n) is 8.83. The molecule has 1 aliphatic rings. The monoisotopic (exact) mass is 484 g/mol. The highest BCUT2D eigenvalue weighted by atomic mass is 32.2. The van der Waals surface area contributed by atoms with Crippen LogP contribution in [0.4, 0.5) is 0 Å². The minimum Gasteiger partial charge on any atom is -0.351 e. The van der Waals surface area contributed by atoms with E-state index in [1.165, 1.54) is 17.3 Å². The Morgan fingerprint density at radius 2 is 1.86 bits per heavy atom. The zero-order valence-electron chi connectivity index (χ0n) is 20.0. The molecule has 0 radical (unpaired) electrons. The lowest BCUT2D eigenvalue weighted by molar-refractivity contribution is -0.118. The predicted molar refractivity (Wildman–Crippen MR) is 139 cm³/mol. The molecule has 7 heteroatoms. The quantitative estimate of drug-likeness (QED) is 0.410. The molecule has 0 fully saturated rings. The molecule has 0 atom stereocenters. The molecule has 0 saturated heterocycles. The number of amides is 2. The Kier molecular flexibility index (Phi) is 6.59. The molecule has 178 valence electrons. The average molecular weight is 485 g/mol. The molecule has 35 heavy (non-hydrogen) atoms. The molecular weight excluding hydrogens is 456 g/mol. The number of aromatic nitrogens is 2. The van der Waals surface area contributed by atoms with Crippen molar-refractivity contribution in [1.82, 2.24) is 19.8 Å². The topological polar surface area (TPSA) is 67.2 Å². The second-order valence-corrected chi connectivity index (χ2v) is 9.88. The smallest absolute Gasteiger partial charge is 0.270 e. The normalized spacial score (nSPS) is 13.0. The molecule has 2 aromatic carbocycles. The largest absolute Gasteiger partial charge is 0.351 e. The molecule has 4 aromatic rings.